The minimum absolute atomic E-state index is 0.126. The standard InChI is InChI=1S/C13H19F2N3O2/c1-2-4-17-11-8-16-5-3-10(11)13(20)18(6-7-19)9-12(14)15/h3,5,8,12,17,19H,2,4,6-7,9H2,1H3. The number of amides is 1. The first-order valence-electron chi connectivity index (χ1n) is 6.46. The number of hydrogen-bond donors (Lipinski definition) is 2. The lowest BCUT2D eigenvalue weighted by Crippen LogP contribution is -2.37. The number of anilines is 1. The maximum atomic E-state index is 12.5. The van der Waals surface area contributed by atoms with Crippen LogP contribution in [-0.4, -0.2) is 53.6 Å². The molecule has 0 aromatic carbocycles. The largest absolute Gasteiger partial charge is 0.395 e. The van der Waals surface area contributed by atoms with Crippen molar-refractivity contribution in [3.05, 3.63) is 24.0 Å². The van der Waals surface area contributed by atoms with Gasteiger partial charge in [0.15, 0.2) is 0 Å². The molecule has 0 aliphatic heterocycles. The van der Waals surface area contributed by atoms with Crippen LogP contribution in [0.25, 0.3) is 0 Å². The van der Waals surface area contributed by atoms with Crippen molar-refractivity contribution in [3.8, 4) is 0 Å². The van der Waals surface area contributed by atoms with Crippen LogP contribution >= 0.6 is 0 Å². The van der Waals surface area contributed by atoms with Crippen LogP contribution in [0.4, 0.5) is 14.5 Å². The van der Waals surface area contributed by atoms with Crippen LogP contribution in [0.2, 0.25) is 0 Å². The molecule has 7 heteroatoms. The van der Waals surface area contributed by atoms with Crippen LogP contribution < -0.4 is 5.32 Å². The zero-order valence-electron chi connectivity index (χ0n) is 11.4. The van der Waals surface area contributed by atoms with Crippen molar-refractivity contribution in [1.29, 1.82) is 0 Å². The van der Waals surface area contributed by atoms with E-state index in [1.165, 1.54) is 18.5 Å². The summed E-state index contributed by atoms with van der Waals surface area (Å²) in [7, 11) is 0. The lowest BCUT2D eigenvalue weighted by molar-refractivity contribution is 0.0510. The Morgan fingerprint density at radius 3 is 2.90 bits per heavy atom. The fourth-order valence-corrected chi connectivity index (χ4v) is 1.71. The summed E-state index contributed by atoms with van der Waals surface area (Å²) in [4.78, 5) is 17.1. The molecule has 1 aromatic rings. The molecule has 1 aromatic heterocycles. The molecule has 1 rings (SSSR count). The third-order valence-electron chi connectivity index (χ3n) is 2.63. The number of aliphatic hydroxyl groups is 1. The summed E-state index contributed by atoms with van der Waals surface area (Å²) >= 11 is 0. The van der Waals surface area contributed by atoms with Crippen molar-refractivity contribution in [2.75, 3.05) is 31.6 Å². The number of pyridine rings is 1. The summed E-state index contributed by atoms with van der Waals surface area (Å²) in [5.74, 6) is -0.541. The SMILES string of the molecule is CCCNc1cnccc1C(=O)N(CCO)CC(F)F. The molecule has 0 atom stereocenters. The molecule has 0 spiro atoms. The lowest BCUT2D eigenvalue weighted by atomic mass is 10.2. The van der Waals surface area contributed by atoms with E-state index in [9.17, 15) is 13.6 Å². The van der Waals surface area contributed by atoms with Gasteiger partial charge in [0.25, 0.3) is 12.3 Å². The van der Waals surface area contributed by atoms with E-state index in [0.29, 0.717) is 12.2 Å². The van der Waals surface area contributed by atoms with E-state index in [0.717, 1.165) is 11.3 Å². The molecule has 0 aliphatic carbocycles. The summed E-state index contributed by atoms with van der Waals surface area (Å²) < 4.78 is 25.0. The number of aromatic nitrogens is 1. The average Bonchev–Trinajstić information content (AvgIpc) is 2.44. The van der Waals surface area contributed by atoms with Crippen molar-refractivity contribution >= 4 is 11.6 Å². The number of rotatable bonds is 8. The zero-order valence-corrected chi connectivity index (χ0v) is 11.4. The van der Waals surface area contributed by atoms with E-state index in [4.69, 9.17) is 5.11 Å². The van der Waals surface area contributed by atoms with Gasteiger partial charge in [-0.3, -0.25) is 9.78 Å². The molecule has 0 saturated carbocycles. The highest BCUT2D eigenvalue weighted by molar-refractivity contribution is 5.99. The highest BCUT2D eigenvalue weighted by Gasteiger charge is 2.21. The van der Waals surface area contributed by atoms with Gasteiger partial charge < -0.3 is 15.3 Å². The molecule has 0 unspecified atom stereocenters. The van der Waals surface area contributed by atoms with Gasteiger partial charge in [-0.25, -0.2) is 8.78 Å². The van der Waals surface area contributed by atoms with Crippen molar-refractivity contribution in [1.82, 2.24) is 9.88 Å². The fourth-order valence-electron chi connectivity index (χ4n) is 1.71. The maximum Gasteiger partial charge on any atom is 0.256 e. The molecule has 0 aliphatic rings. The van der Waals surface area contributed by atoms with Gasteiger partial charge in [0.1, 0.15) is 0 Å². The number of alkyl halides is 2. The number of hydrogen-bond acceptors (Lipinski definition) is 4. The maximum absolute atomic E-state index is 12.5. The molecule has 0 radical (unpaired) electrons. The Kier molecular flexibility index (Phi) is 6.86. The van der Waals surface area contributed by atoms with Gasteiger partial charge in [-0.15, -0.1) is 0 Å². The average molecular weight is 287 g/mol. The smallest absolute Gasteiger partial charge is 0.256 e. The molecular formula is C13H19F2N3O2. The van der Waals surface area contributed by atoms with Crippen molar-refractivity contribution < 1.29 is 18.7 Å². The zero-order chi connectivity index (χ0) is 15.0. The van der Waals surface area contributed by atoms with Gasteiger partial charge in [-0.1, -0.05) is 6.92 Å². The number of carbonyl (C=O) groups excluding carboxylic acids is 1. The Balaban J connectivity index is 2.92. The van der Waals surface area contributed by atoms with Gasteiger partial charge >= 0.3 is 0 Å². The fraction of sp³-hybridized carbons (Fsp3) is 0.538. The van der Waals surface area contributed by atoms with Crippen LogP contribution in [-0.2, 0) is 0 Å². The van der Waals surface area contributed by atoms with Gasteiger partial charge in [0.05, 0.1) is 30.6 Å². The van der Waals surface area contributed by atoms with E-state index in [-0.39, 0.29) is 18.7 Å². The van der Waals surface area contributed by atoms with E-state index in [2.05, 4.69) is 10.3 Å². The first-order valence-corrected chi connectivity index (χ1v) is 6.46. The summed E-state index contributed by atoms with van der Waals surface area (Å²) in [5, 5.41) is 11.9. The number of halogens is 2. The predicted octanol–water partition coefficient (Wildman–Crippen LogP) is 1.60. The summed E-state index contributed by atoms with van der Waals surface area (Å²) in [6.07, 6.45) is 1.14. The number of nitrogens with one attached hydrogen (secondary N) is 1. The highest BCUT2D eigenvalue weighted by Crippen LogP contribution is 2.16. The van der Waals surface area contributed by atoms with Crippen molar-refractivity contribution in [2.24, 2.45) is 0 Å². The normalized spacial score (nSPS) is 10.7. The molecule has 1 amide bonds. The van der Waals surface area contributed by atoms with Gasteiger partial charge in [0, 0.05) is 19.3 Å². The van der Waals surface area contributed by atoms with Crippen molar-refractivity contribution in [2.45, 2.75) is 19.8 Å². The lowest BCUT2D eigenvalue weighted by Gasteiger charge is -2.22. The number of nitrogens with zero attached hydrogens (tertiary/aromatic N) is 2. The first kappa shape index (κ1) is 16.3. The Labute approximate surface area is 116 Å². The van der Waals surface area contributed by atoms with E-state index in [1.807, 2.05) is 6.92 Å². The number of carbonyl (C=O) groups is 1. The summed E-state index contributed by atoms with van der Waals surface area (Å²) in [6, 6.07) is 1.48. The third kappa shape index (κ3) is 4.73. The second kappa shape index (κ2) is 8.42. The molecule has 0 fully saturated rings. The predicted molar refractivity (Wildman–Crippen MR) is 72.0 cm³/mol. The molecule has 2 N–H and O–H groups in total. The van der Waals surface area contributed by atoms with Gasteiger partial charge in [-0.05, 0) is 12.5 Å². The minimum Gasteiger partial charge on any atom is -0.395 e. The highest BCUT2D eigenvalue weighted by atomic mass is 19.3. The number of aliphatic hydroxyl groups excluding tert-OH is 1. The van der Waals surface area contributed by atoms with E-state index < -0.39 is 18.9 Å². The molecule has 20 heavy (non-hydrogen) atoms. The van der Waals surface area contributed by atoms with Crippen LogP contribution in [0, 0.1) is 0 Å². The summed E-state index contributed by atoms with van der Waals surface area (Å²) in [6.45, 7) is 1.44. The molecule has 0 saturated heterocycles. The van der Waals surface area contributed by atoms with Crippen LogP contribution in [0.5, 0.6) is 0 Å². The summed E-state index contributed by atoms with van der Waals surface area (Å²) in [5.41, 5.74) is 0.791. The van der Waals surface area contributed by atoms with Gasteiger partial charge in [0.2, 0.25) is 0 Å². The molecule has 112 valence electrons. The Morgan fingerprint density at radius 2 is 2.30 bits per heavy atom. The Bertz CT molecular complexity index is 430. The Hall–Kier alpha value is -1.76. The molecule has 0 bridgehead atoms. The molecular weight excluding hydrogens is 268 g/mol. The van der Waals surface area contributed by atoms with Crippen LogP contribution in [0.15, 0.2) is 18.5 Å². The Morgan fingerprint density at radius 1 is 1.55 bits per heavy atom. The molecule has 1 heterocycles. The quantitative estimate of drug-likeness (QED) is 0.762. The first-order chi connectivity index (χ1) is 9.60. The van der Waals surface area contributed by atoms with Crippen LogP contribution in [0.1, 0.15) is 23.7 Å². The van der Waals surface area contributed by atoms with Crippen LogP contribution in [0.3, 0.4) is 0 Å². The topological polar surface area (TPSA) is 65.5 Å². The van der Waals surface area contributed by atoms with E-state index in [1.54, 1.807) is 0 Å². The third-order valence-corrected chi connectivity index (χ3v) is 2.63. The van der Waals surface area contributed by atoms with E-state index >= 15 is 0 Å². The minimum atomic E-state index is -2.64. The van der Waals surface area contributed by atoms with Crippen molar-refractivity contribution in [3.63, 3.8) is 0 Å². The van der Waals surface area contributed by atoms with Gasteiger partial charge in [-0.2, -0.15) is 0 Å². The second-order valence-electron chi connectivity index (χ2n) is 4.21. The monoisotopic (exact) mass is 287 g/mol. The molecule has 5 nitrogen and oxygen atoms in total. The second-order valence-corrected chi connectivity index (χ2v) is 4.21.